The number of nitrogens with two attached hydrogens (primary N) is 4. The minimum Gasteiger partial charge on any atom is -0.508 e. The van der Waals surface area contributed by atoms with Crippen LogP contribution < -0.4 is 44.2 Å². The second-order valence-electron chi connectivity index (χ2n) is 22.0. The van der Waals surface area contributed by atoms with Crippen LogP contribution in [0.4, 0.5) is 0 Å². The largest absolute Gasteiger partial charge is 0.508 e. The van der Waals surface area contributed by atoms with Crippen molar-refractivity contribution in [3.05, 3.63) is 29.8 Å². The fourth-order valence-electron chi connectivity index (χ4n) is 9.54. The Bertz CT molecular complexity index is 2270. The van der Waals surface area contributed by atoms with E-state index >= 15 is 0 Å². The quantitative estimate of drug-likeness (QED) is 0.0231. The number of aliphatic imine (C=N–C) groups is 2. The molecule has 0 saturated carbocycles. The Morgan fingerprint density at radius 1 is 0.711 bits per heavy atom. The van der Waals surface area contributed by atoms with Crippen LogP contribution >= 0.6 is 12.6 Å². The maximum absolute atomic E-state index is 14.6. The van der Waals surface area contributed by atoms with E-state index in [2.05, 4.69) is 43.9 Å². The molecule has 76 heavy (non-hydrogen) atoms. The molecule has 14 N–H and O–H groups in total. The summed E-state index contributed by atoms with van der Waals surface area (Å²) < 4.78 is -0.969. The van der Waals surface area contributed by atoms with Gasteiger partial charge in [0.1, 0.15) is 29.9 Å². The molecule has 0 unspecified atom stereocenters. The van der Waals surface area contributed by atoms with E-state index in [1.54, 1.807) is 46.8 Å². The number of hydrogen-bond donors (Lipinski definition) is 11. The fraction of sp³-hybridized carbons (Fsp3) is 0.673. The molecule has 1 aromatic carbocycles. The molecule has 23 nitrogen and oxygen atoms in total. The van der Waals surface area contributed by atoms with E-state index in [1.165, 1.54) is 28.9 Å². The van der Waals surface area contributed by atoms with Crippen LogP contribution in [0, 0.1) is 23.2 Å². The zero-order chi connectivity index (χ0) is 57.2. The number of aliphatic carboxylic acids is 1. The van der Waals surface area contributed by atoms with Gasteiger partial charge in [-0.15, -0.1) is 0 Å². The number of aromatic hydroxyl groups is 1. The van der Waals surface area contributed by atoms with E-state index in [1.807, 2.05) is 13.8 Å². The highest BCUT2D eigenvalue weighted by Crippen LogP contribution is 2.32. The molecule has 8 atom stereocenters. The van der Waals surface area contributed by atoms with Gasteiger partial charge in [-0.2, -0.15) is 12.6 Å². The predicted octanol–water partition coefficient (Wildman–Crippen LogP) is 1.02. The first-order valence-corrected chi connectivity index (χ1v) is 26.5. The Labute approximate surface area is 451 Å². The van der Waals surface area contributed by atoms with Crippen LogP contribution in [0.1, 0.15) is 132 Å². The highest BCUT2D eigenvalue weighted by atomic mass is 32.1. The molecule has 0 aliphatic carbocycles. The molecule has 2 saturated heterocycles. The molecule has 0 aromatic heterocycles. The summed E-state index contributed by atoms with van der Waals surface area (Å²) in [5, 5.41) is 31.0. The van der Waals surface area contributed by atoms with E-state index in [9.17, 15) is 53.4 Å². The SMILES string of the molecule is CC(=O)N[C@H](C(=O)N1CCC[C@H]1C(=O)N[C@@H](CC(C)C)C(=O)N1CCC[C@H]1C(=O)N[C@@H](CCCN=C(N)N)C(=O)C[C@H](C(=O)N[C@@H](CCCN=C(N)N)C(=O)C[C@@H](Cc1ccc(O)cc1)C(=O)O)C(C)(C)C)C(C)(C)S. The number of carboxylic acid groups (broad SMARTS) is 1. The number of hydrogen-bond acceptors (Lipinski definition) is 13. The van der Waals surface area contributed by atoms with Gasteiger partial charge in [0.2, 0.25) is 35.4 Å². The van der Waals surface area contributed by atoms with Gasteiger partial charge in [0.25, 0.3) is 0 Å². The van der Waals surface area contributed by atoms with Gasteiger partial charge >= 0.3 is 5.97 Å². The van der Waals surface area contributed by atoms with Gasteiger partial charge in [-0.05, 0) is 107 Å². The Morgan fingerprint density at radius 2 is 1.18 bits per heavy atom. The number of phenolic OH excluding ortho intramolecular Hbond substituents is 1. The molecule has 424 valence electrons. The predicted molar refractivity (Wildman–Crippen MR) is 290 cm³/mol. The molecule has 3 rings (SSSR count). The highest BCUT2D eigenvalue weighted by molar-refractivity contribution is 7.81. The third-order valence-corrected chi connectivity index (χ3v) is 13.8. The second-order valence-corrected chi connectivity index (χ2v) is 23.2. The molecule has 2 heterocycles. The number of phenols is 1. The monoisotopic (exact) mass is 1080 g/mol. The molecule has 0 spiro atoms. The lowest BCUT2D eigenvalue weighted by atomic mass is 9.76. The van der Waals surface area contributed by atoms with Crippen molar-refractivity contribution in [3.8, 4) is 5.75 Å². The number of carboxylic acids is 1. The molecule has 0 bridgehead atoms. The van der Waals surface area contributed by atoms with Crippen LogP contribution in [0.5, 0.6) is 5.75 Å². The van der Waals surface area contributed by atoms with Gasteiger partial charge in [0, 0.05) is 56.6 Å². The Balaban J connectivity index is 1.88. The van der Waals surface area contributed by atoms with Crippen LogP contribution in [0.3, 0.4) is 0 Å². The fourth-order valence-corrected chi connectivity index (χ4v) is 9.71. The van der Waals surface area contributed by atoms with Crippen LogP contribution in [0.25, 0.3) is 0 Å². The maximum Gasteiger partial charge on any atom is 0.307 e. The van der Waals surface area contributed by atoms with Gasteiger partial charge < -0.3 is 64.2 Å². The third-order valence-electron chi connectivity index (χ3n) is 13.6. The summed E-state index contributed by atoms with van der Waals surface area (Å²) in [6.45, 7) is 14.3. The van der Waals surface area contributed by atoms with Crippen molar-refractivity contribution in [2.75, 3.05) is 26.2 Å². The Kier molecular flexibility index (Phi) is 24.5. The van der Waals surface area contributed by atoms with Gasteiger partial charge in [0.15, 0.2) is 23.5 Å². The number of thiol groups is 1. The molecular formula is C52H84N12O11S. The highest BCUT2D eigenvalue weighted by Gasteiger charge is 2.45. The number of carbonyl (C=O) groups is 9. The summed E-state index contributed by atoms with van der Waals surface area (Å²) >= 11 is 4.55. The van der Waals surface area contributed by atoms with Crippen LogP contribution in [0.15, 0.2) is 34.3 Å². The maximum atomic E-state index is 14.6. The molecular weight excluding hydrogens is 1000 g/mol. The number of benzene rings is 1. The summed E-state index contributed by atoms with van der Waals surface area (Å²) in [5.74, 6) is -8.31. The lowest BCUT2D eigenvalue weighted by molar-refractivity contribution is -0.145. The number of nitrogens with zero attached hydrogens (tertiary/aromatic N) is 4. The number of nitrogens with one attached hydrogen (secondary N) is 4. The summed E-state index contributed by atoms with van der Waals surface area (Å²) in [6.07, 6.45) is 1.37. The molecule has 1 aromatic rings. The minimum atomic E-state index is -1.24. The topological polar surface area (TPSA) is 377 Å². The van der Waals surface area contributed by atoms with Crippen molar-refractivity contribution in [2.45, 2.75) is 173 Å². The summed E-state index contributed by atoms with van der Waals surface area (Å²) in [6, 6.07) is -0.543. The van der Waals surface area contributed by atoms with Crippen molar-refractivity contribution in [2.24, 2.45) is 56.1 Å². The zero-order valence-corrected chi connectivity index (χ0v) is 46.3. The Morgan fingerprint density at radius 3 is 1.63 bits per heavy atom. The average molecular weight is 1090 g/mol. The molecule has 2 fully saturated rings. The Hall–Kier alpha value is -6.46. The first-order valence-electron chi connectivity index (χ1n) is 26.1. The van der Waals surface area contributed by atoms with Gasteiger partial charge in [0.05, 0.1) is 18.0 Å². The standard InChI is InChI=1S/C52H84N12O11S/c1-29(2)25-37(62-45(71)39-16-12-24-64(39)47(73)42(52(7,8)76)59-30(3)65)46(72)63-23-11-15-38(63)44(70)61-36(14-10-22-58-50(55)56)41(68)28-34(51(4,5)6)43(69)60-35(13-9-21-57-49(53)54)40(67)27-32(48(74)75)26-31-17-19-33(66)20-18-31/h17-20,29,32,34-39,42,66,76H,9-16,21-28H2,1-8H3,(H,59,65)(H,60,69)(H,61,70)(H,62,71)(H,74,75)(H4,53,54,57)(H4,55,56,58)/t32-,34-,35+,36+,37+,38+,39+,42-/m1/s1. The van der Waals surface area contributed by atoms with Crippen molar-refractivity contribution in [3.63, 3.8) is 0 Å². The van der Waals surface area contributed by atoms with Gasteiger partial charge in [-0.25, -0.2) is 0 Å². The smallest absolute Gasteiger partial charge is 0.307 e. The van der Waals surface area contributed by atoms with Crippen molar-refractivity contribution >= 4 is 77.5 Å². The van der Waals surface area contributed by atoms with E-state index in [-0.39, 0.29) is 94.7 Å². The summed E-state index contributed by atoms with van der Waals surface area (Å²) in [5.41, 5.74) is 21.8. The third kappa shape index (κ3) is 20.2. The summed E-state index contributed by atoms with van der Waals surface area (Å²) in [7, 11) is 0. The number of ketones is 2. The van der Waals surface area contributed by atoms with E-state index < -0.39 is 124 Å². The number of Topliss-reactive ketones (excluding diaryl/α,β-unsaturated/α-hetero) is 2. The number of amides is 6. The lowest BCUT2D eigenvalue weighted by Crippen LogP contribution is -2.60. The van der Waals surface area contributed by atoms with E-state index in [0.29, 0.717) is 24.8 Å². The molecule has 6 amide bonds. The average Bonchev–Trinajstić information content (AvgIpc) is 4.02. The van der Waals surface area contributed by atoms with Crippen LogP contribution in [-0.2, 0) is 49.6 Å². The minimum absolute atomic E-state index is 0.0111. The van der Waals surface area contributed by atoms with E-state index in [4.69, 9.17) is 22.9 Å². The van der Waals surface area contributed by atoms with Crippen LogP contribution in [-0.4, -0.2) is 152 Å². The second kappa shape index (κ2) is 29.2. The number of rotatable bonds is 29. The van der Waals surface area contributed by atoms with E-state index in [0.717, 1.165) is 0 Å². The first kappa shape index (κ1) is 63.8. The summed E-state index contributed by atoms with van der Waals surface area (Å²) in [4.78, 5) is 135. The first-order chi connectivity index (χ1) is 35.4. The van der Waals surface area contributed by atoms with Crippen LogP contribution in [0.2, 0.25) is 0 Å². The molecule has 2 aliphatic heterocycles. The molecule has 0 radical (unpaired) electrons. The normalized spacial score (nSPS) is 18.0. The van der Waals surface area contributed by atoms with Crippen molar-refractivity contribution < 1.29 is 53.4 Å². The number of guanidine groups is 2. The molecule has 24 heteroatoms. The van der Waals surface area contributed by atoms with Gasteiger partial charge in [-0.3, -0.25) is 53.1 Å². The number of likely N-dealkylation sites (tertiary alicyclic amines) is 2. The van der Waals surface area contributed by atoms with Gasteiger partial charge in [-0.1, -0.05) is 46.8 Å². The molecule has 2 aliphatic rings. The lowest BCUT2D eigenvalue weighted by Gasteiger charge is -2.35. The van der Waals surface area contributed by atoms with Crippen molar-refractivity contribution in [1.82, 2.24) is 31.1 Å². The zero-order valence-electron chi connectivity index (χ0n) is 45.4. The van der Waals surface area contributed by atoms with Crippen molar-refractivity contribution in [1.29, 1.82) is 0 Å². The number of carbonyl (C=O) groups excluding carboxylic acids is 8.